The summed E-state index contributed by atoms with van der Waals surface area (Å²) in [5, 5.41) is 3.69. The Morgan fingerprint density at radius 2 is 2.08 bits per heavy atom. The zero-order chi connectivity index (χ0) is 8.39. The van der Waals surface area contributed by atoms with Crippen molar-refractivity contribution in [3.8, 4) is 0 Å². The van der Waals surface area contributed by atoms with Crippen molar-refractivity contribution in [1.29, 1.82) is 0 Å². The minimum absolute atomic E-state index is 0.887. The van der Waals surface area contributed by atoms with E-state index < -0.39 is 0 Å². The number of rotatable bonds is 2. The van der Waals surface area contributed by atoms with Gasteiger partial charge in [-0.05, 0) is 44.1 Å². The Kier molecular flexibility index (Phi) is 2.69. The summed E-state index contributed by atoms with van der Waals surface area (Å²) in [7, 11) is 0. The molecule has 0 radical (unpaired) electrons. The Bertz CT molecular complexity index is 140. The zero-order valence-corrected chi connectivity index (χ0v) is 8.18. The predicted octanol–water partition coefficient (Wildman–Crippen LogP) is 2.56. The van der Waals surface area contributed by atoms with Crippen LogP contribution in [0.4, 0.5) is 0 Å². The highest BCUT2D eigenvalue weighted by molar-refractivity contribution is 4.87. The maximum absolute atomic E-state index is 3.69. The normalized spacial score (nSPS) is 37.8. The Labute approximate surface area is 75.9 Å². The Morgan fingerprint density at radius 1 is 1.25 bits per heavy atom. The van der Waals surface area contributed by atoms with Crippen LogP contribution in [0.1, 0.15) is 45.4 Å². The zero-order valence-electron chi connectivity index (χ0n) is 8.18. The van der Waals surface area contributed by atoms with Crippen LogP contribution in [0.3, 0.4) is 0 Å². The first kappa shape index (κ1) is 8.55. The summed E-state index contributed by atoms with van der Waals surface area (Å²) in [4.78, 5) is 0. The van der Waals surface area contributed by atoms with Gasteiger partial charge in [0.15, 0.2) is 0 Å². The summed E-state index contributed by atoms with van der Waals surface area (Å²) in [6.07, 6.45) is 8.74. The van der Waals surface area contributed by atoms with Gasteiger partial charge in [-0.1, -0.05) is 19.8 Å². The van der Waals surface area contributed by atoms with Crippen molar-refractivity contribution in [3.63, 3.8) is 0 Å². The Morgan fingerprint density at radius 3 is 2.67 bits per heavy atom. The molecule has 2 atom stereocenters. The monoisotopic (exact) mass is 167 g/mol. The highest BCUT2D eigenvalue weighted by Gasteiger charge is 2.30. The fourth-order valence-electron chi connectivity index (χ4n) is 2.61. The molecule has 0 aromatic carbocycles. The third-order valence-electron chi connectivity index (χ3n) is 3.84. The van der Waals surface area contributed by atoms with Crippen molar-refractivity contribution in [2.45, 2.75) is 51.5 Å². The molecular formula is C11H21N. The molecule has 1 heterocycles. The van der Waals surface area contributed by atoms with Crippen LogP contribution in [-0.2, 0) is 0 Å². The maximum atomic E-state index is 3.69. The summed E-state index contributed by atoms with van der Waals surface area (Å²) in [5.41, 5.74) is 0. The standard InChI is InChI=1S/C11H21N/c1-2-9-6-7-12-11(8-9)10-4-3-5-10/h9-12H,2-8H2,1H3. The molecule has 1 N–H and O–H groups in total. The third-order valence-corrected chi connectivity index (χ3v) is 3.84. The fourth-order valence-corrected chi connectivity index (χ4v) is 2.61. The molecule has 1 saturated carbocycles. The molecule has 70 valence electrons. The Balaban J connectivity index is 1.81. The molecule has 0 spiro atoms. The van der Waals surface area contributed by atoms with Crippen LogP contribution in [-0.4, -0.2) is 12.6 Å². The van der Waals surface area contributed by atoms with Gasteiger partial charge in [0, 0.05) is 6.04 Å². The summed E-state index contributed by atoms with van der Waals surface area (Å²) in [5.74, 6) is 2.07. The summed E-state index contributed by atoms with van der Waals surface area (Å²) in [6.45, 7) is 3.62. The van der Waals surface area contributed by atoms with Crippen LogP contribution < -0.4 is 5.32 Å². The van der Waals surface area contributed by atoms with E-state index in [-0.39, 0.29) is 0 Å². The molecule has 0 amide bonds. The molecule has 2 aliphatic rings. The van der Waals surface area contributed by atoms with Gasteiger partial charge < -0.3 is 5.32 Å². The first-order valence-electron chi connectivity index (χ1n) is 5.63. The van der Waals surface area contributed by atoms with E-state index in [1.165, 1.54) is 45.1 Å². The van der Waals surface area contributed by atoms with Crippen molar-refractivity contribution in [2.24, 2.45) is 11.8 Å². The first-order valence-corrected chi connectivity index (χ1v) is 5.63. The van der Waals surface area contributed by atoms with E-state index >= 15 is 0 Å². The van der Waals surface area contributed by atoms with E-state index in [1.807, 2.05) is 0 Å². The maximum Gasteiger partial charge on any atom is 0.00979 e. The minimum Gasteiger partial charge on any atom is -0.314 e. The summed E-state index contributed by atoms with van der Waals surface area (Å²) < 4.78 is 0. The molecule has 1 nitrogen and oxygen atoms in total. The predicted molar refractivity (Wildman–Crippen MR) is 52.1 cm³/mol. The molecular weight excluding hydrogens is 146 g/mol. The molecule has 12 heavy (non-hydrogen) atoms. The number of hydrogen-bond acceptors (Lipinski definition) is 1. The number of piperidine rings is 1. The van der Waals surface area contributed by atoms with Crippen molar-refractivity contribution in [1.82, 2.24) is 5.32 Å². The van der Waals surface area contributed by atoms with Gasteiger partial charge in [-0.25, -0.2) is 0 Å². The van der Waals surface area contributed by atoms with Crippen LogP contribution in [0.15, 0.2) is 0 Å². The molecule has 2 fully saturated rings. The van der Waals surface area contributed by atoms with Crippen LogP contribution >= 0.6 is 0 Å². The van der Waals surface area contributed by atoms with Crippen LogP contribution in [0.2, 0.25) is 0 Å². The lowest BCUT2D eigenvalue weighted by Gasteiger charge is -2.39. The number of nitrogens with one attached hydrogen (secondary N) is 1. The average Bonchev–Trinajstić information content (AvgIpc) is 2.02. The largest absolute Gasteiger partial charge is 0.314 e. The third kappa shape index (κ3) is 1.66. The molecule has 1 aliphatic heterocycles. The second kappa shape index (κ2) is 3.78. The topological polar surface area (TPSA) is 12.0 Å². The molecule has 0 aromatic rings. The smallest absolute Gasteiger partial charge is 0.00979 e. The van der Waals surface area contributed by atoms with E-state index in [1.54, 1.807) is 0 Å². The van der Waals surface area contributed by atoms with E-state index in [0.717, 1.165) is 17.9 Å². The van der Waals surface area contributed by atoms with Gasteiger partial charge in [0.2, 0.25) is 0 Å². The van der Waals surface area contributed by atoms with Crippen LogP contribution in [0.25, 0.3) is 0 Å². The molecule has 2 unspecified atom stereocenters. The van der Waals surface area contributed by atoms with Crippen LogP contribution in [0.5, 0.6) is 0 Å². The van der Waals surface area contributed by atoms with Crippen molar-refractivity contribution in [3.05, 3.63) is 0 Å². The quantitative estimate of drug-likeness (QED) is 0.666. The molecule has 0 bridgehead atoms. The summed E-state index contributed by atoms with van der Waals surface area (Å²) in [6, 6.07) is 0.887. The van der Waals surface area contributed by atoms with E-state index in [4.69, 9.17) is 0 Å². The van der Waals surface area contributed by atoms with E-state index in [9.17, 15) is 0 Å². The van der Waals surface area contributed by atoms with Crippen molar-refractivity contribution in [2.75, 3.05) is 6.54 Å². The molecule has 1 heteroatoms. The van der Waals surface area contributed by atoms with E-state index in [0.29, 0.717) is 0 Å². The molecule has 2 rings (SSSR count). The lowest BCUT2D eigenvalue weighted by Crippen LogP contribution is -2.45. The fraction of sp³-hybridized carbons (Fsp3) is 1.00. The van der Waals surface area contributed by atoms with Crippen LogP contribution in [0, 0.1) is 11.8 Å². The average molecular weight is 167 g/mol. The van der Waals surface area contributed by atoms with Crippen molar-refractivity contribution >= 4 is 0 Å². The summed E-state index contributed by atoms with van der Waals surface area (Å²) >= 11 is 0. The number of hydrogen-bond donors (Lipinski definition) is 1. The van der Waals surface area contributed by atoms with Gasteiger partial charge >= 0.3 is 0 Å². The molecule has 0 aromatic heterocycles. The first-order chi connectivity index (χ1) is 5.90. The highest BCUT2D eigenvalue weighted by atomic mass is 14.9. The van der Waals surface area contributed by atoms with Gasteiger partial charge in [0.05, 0.1) is 0 Å². The van der Waals surface area contributed by atoms with Gasteiger partial charge in [-0.3, -0.25) is 0 Å². The van der Waals surface area contributed by atoms with Gasteiger partial charge in [0.1, 0.15) is 0 Å². The van der Waals surface area contributed by atoms with Gasteiger partial charge in [0.25, 0.3) is 0 Å². The lowest BCUT2D eigenvalue weighted by molar-refractivity contribution is 0.167. The molecule has 1 saturated heterocycles. The second-order valence-electron chi connectivity index (χ2n) is 4.55. The highest BCUT2D eigenvalue weighted by Crippen LogP contribution is 2.34. The SMILES string of the molecule is CCC1CCNC(C2CCC2)C1. The Hall–Kier alpha value is -0.0400. The lowest BCUT2D eigenvalue weighted by atomic mass is 9.74. The van der Waals surface area contributed by atoms with E-state index in [2.05, 4.69) is 12.2 Å². The second-order valence-corrected chi connectivity index (χ2v) is 4.55. The van der Waals surface area contributed by atoms with Gasteiger partial charge in [-0.15, -0.1) is 0 Å². The van der Waals surface area contributed by atoms with Gasteiger partial charge in [-0.2, -0.15) is 0 Å². The van der Waals surface area contributed by atoms with Crippen molar-refractivity contribution < 1.29 is 0 Å². The minimum atomic E-state index is 0.887. The molecule has 1 aliphatic carbocycles.